The van der Waals surface area contributed by atoms with E-state index in [-0.39, 0.29) is 11.9 Å². The molecule has 0 aliphatic heterocycles. The molecule has 3 nitrogen and oxygen atoms in total. The van der Waals surface area contributed by atoms with Gasteiger partial charge in [0.1, 0.15) is 0 Å². The van der Waals surface area contributed by atoms with Crippen LogP contribution in [-0.4, -0.2) is 24.5 Å². The Balaban J connectivity index is 2.09. The first-order valence-electron chi connectivity index (χ1n) is 5.27. The number of amides is 1. The predicted molar refractivity (Wildman–Crippen MR) is 58.1 cm³/mol. The summed E-state index contributed by atoms with van der Waals surface area (Å²) in [5.41, 5.74) is 1.15. The van der Waals surface area contributed by atoms with Crippen molar-refractivity contribution in [2.75, 3.05) is 6.54 Å². The van der Waals surface area contributed by atoms with Crippen LogP contribution in [0.25, 0.3) is 0 Å². The molecule has 1 atom stereocenters. The fraction of sp³-hybridized carbons (Fsp3) is 0.727. The summed E-state index contributed by atoms with van der Waals surface area (Å²) in [6, 6.07) is 0.364. The van der Waals surface area contributed by atoms with Crippen LogP contribution < -0.4 is 10.6 Å². The van der Waals surface area contributed by atoms with Crippen molar-refractivity contribution in [1.82, 2.24) is 10.6 Å². The standard InChI is InChI=1S/C11H20N2O/c1-8(2)6-7-12-9(3)11(14)13-10-4-5-10/h9-10,12H,1,4-7H2,2-3H3,(H,13,14). The Kier molecular flexibility index (Phi) is 4.14. The van der Waals surface area contributed by atoms with Gasteiger partial charge in [0.05, 0.1) is 6.04 Å². The molecule has 1 aliphatic carbocycles. The molecule has 1 saturated carbocycles. The van der Waals surface area contributed by atoms with E-state index in [1.165, 1.54) is 0 Å². The molecular weight excluding hydrogens is 176 g/mol. The molecule has 0 saturated heterocycles. The third kappa shape index (κ3) is 4.42. The van der Waals surface area contributed by atoms with Gasteiger partial charge in [-0.1, -0.05) is 5.57 Å². The predicted octanol–water partition coefficient (Wildman–Crippen LogP) is 1.21. The van der Waals surface area contributed by atoms with Gasteiger partial charge in [0.15, 0.2) is 0 Å². The van der Waals surface area contributed by atoms with E-state index in [4.69, 9.17) is 0 Å². The molecular formula is C11H20N2O. The summed E-state index contributed by atoms with van der Waals surface area (Å²) in [6.45, 7) is 8.54. The van der Waals surface area contributed by atoms with Gasteiger partial charge < -0.3 is 10.6 Å². The van der Waals surface area contributed by atoms with E-state index in [2.05, 4.69) is 17.2 Å². The van der Waals surface area contributed by atoms with Crippen LogP contribution in [0.3, 0.4) is 0 Å². The third-order valence-electron chi connectivity index (χ3n) is 2.32. The molecule has 0 bridgehead atoms. The van der Waals surface area contributed by atoms with Crippen molar-refractivity contribution in [2.45, 2.75) is 45.2 Å². The Bertz CT molecular complexity index is 221. The van der Waals surface area contributed by atoms with Gasteiger partial charge in [-0.25, -0.2) is 0 Å². The minimum absolute atomic E-state index is 0.0880. The van der Waals surface area contributed by atoms with E-state index in [1.807, 2.05) is 13.8 Å². The number of hydrogen-bond donors (Lipinski definition) is 2. The summed E-state index contributed by atoms with van der Waals surface area (Å²) in [6.07, 6.45) is 3.22. The van der Waals surface area contributed by atoms with E-state index < -0.39 is 0 Å². The molecule has 1 unspecified atom stereocenters. The normalized spacial score (nSPS) is 17.6. The van der Waals surface area contributed by atoms with Crippen LogP contribution in [-0.2, 0) is 4.79 Å². The summed E-state index contributed by atoms with van der Waals surface area (Å²) in [4.78, 5) is 11.5. The lowest BCUT2D eigenvalue weighted by Gasteiger charge is -2.13. The first kappa shape index (κ1) is 11.2. The van der Waals surface area contributed by atoms with Crippen molar-refractivity contribution in [1.29, 1.82) is 0 Å². The van der Waals surface area contributed by atoms with Crippen LogP contribution in [0.4, 0.5) is 0 Å². The van der Waals surface area contributed by atoms with E-state index >= 15 is 0 Å². The summed E-state index contributed by atoms with van der Waals surface area (Å²) in [7, 11) is 0. The van der Waals surface area contributed by atoms with Crippen molar-refractivity contribution in [3.8, 4) is 0 Å². The summed E-state index contributed by atoms with van der Waals surface area (Å²) in [5, 5.41) is 6.14. The van der Waals surface area contributed by atoms with E-state index in [0.717, 1.165) is 31.4 Å². The van der Waals surface area contributed by atoms with E-state index in [1.54, 1.807) is 0 Å². The van der Waals surface area contributed by atoms with Gasteiger partial charge in [0, 0.05) is 6.04 Å². The SMILES string of the molecule is C=C(C)CCNC(C)C(=O)NC1CC1. The molecule has 80 valence electrons. The second-order valence-electron chi connectivity index (χ2n) is 4.17. The van der Waals surface area contributed by atoms with Crippen LogP contribution in [0.15, 0.2) is 12.2 Å². The highest BCUT2D eigenvalue weighted by Gasteiger charge is 2.25. The molecule has 1 amide bonds. The zero-order valence-corrected chi connectivity index (χ0v) is 9.10. The number of carbonyl (C=O) groups excluding carboxylic acids is 1. The maximum atomic E-state index is 11.5. The lowest BCUT2D eigenvalue weighted by Crippen LogP contribution is -2.43. The number of rotatable bonds is 6. The molecule has 14 heavy (non-hydrogen) atoms. The van der Waals surface area contributed by atoms with Crippen molar-refractivity contribution in [3.63, 3.8) is 0 Å². The zero-order chi connectivity index (χ0) is 10.6. The highest BCUT2D eigenvalue weighted by molar-refractivity contribution is 5.81. The second-order valence-corrected chi connectivity index (χ2v) is 4.17. The van der Waals surface area contributed by atoms with Crippen molar-refractivity contribution < 1.29 is 4.79 Å². The number of hydrogen-bond acceptors (Lipinski definition) is 2. The average molecular weight is 196 g/mol. The van der Waals surface area contributed by atoms with E-state index in [9.17, 15) is 4.79 Å². The summed E-state index contributed by atoms with van der Waals surface area (Å²) < 4.78 is 0. The fourth-order valence-corrected chi connectivity index (χ4v) is 1.15. The molecule has 1 fully saturated rings. The van der Waals surface area contributed by atoms with Gasteiger partial charge in [0.25, 0.3) is 0 Å². The highest BCUT2D eigenvalue weighted by atomic mass is 16.2. The van der Waals surface area contributed by atoms with Crippen molar-refractivity contribution >= 4 is 5.91 Å². The molecule has 0 spiro atoms. The fourth-order valence-electron chi connectivity index (χ4n) is 1.15. The second kappa shape index (κ2) is 5.15. The van der Waals surface area contributed by atoms with E-state index in [0.29, 0.717) is 6.04 Å². The Morgan fingerprint density at radius 1 is 1.57 bits per heavy atom. The smallest absolute Gasteiger partial charge is 0.237 e. The van der Waals surface area contributed by atoms with Crippen LogP contribution in [0.2, 0.25) is 0 Å². The number of nitrogens with one attached hydrogen (secondary N) is 2. The molecule has 0 radical (unpaired) electrons. The molecule has 2 N–H and O–H groups in total. The largest absolute Gasteiger partial charge is 0.352 e. The van der Waals surface area contributed by atoms with Crippen LogP contribution >= 0.6 is 0 Å². The molecule has 0 aromatic carbocycles. The lowest BCUT2D eigenvalue weighted by atomic mass is 10.2. The van der Waals surface area contributed by atoms with Gasteiger partial charge in [-0.3, -0.25) is 4.79 Å². The molecule has 0 aromatic rings. The monoisotopic (exact) mass is 196 g/mol. The molecule has 1 rings (SSSR count). The quantitative estimate of drug-likeness (QED) is 0.627. The molecule has 3 heteroatoms. The van der Waals surface area contributed by atoms with Crippen LogP contribution in [0.5, 0.6) is 0 Å². The molecule has 0 heterocycles. The highest BCUT2D eigenvalue weighted by Crippen LogP contribution is 2.18. The molecule has 0 aromatic heterocycles. The summed E-state index contributed by atoms with van der Waals surface area (Å²) >= 11 is 0. The maximum absolute atomic E-state index is 11.5. The Morgan fingerprint density at radius 3 is 2.71 bits per heavy atom. The van der Waals surface area contributed by atoms with Crippen LogP contribution in [0.1, 0.15) is 33.1 Å². The van der Waals surface area contributed by atoms with Gasteiger partial charge in [-0.05, 0) is 39.7 Å². The Morgan fingerprint density at radius 2 is 2.21 bits per heavy atom. The van der Waals surface area contributed by atoms with Crippen molar-refractivity contribution in [2.24, 2.45) is 0 Å². The Labute approximate surface area is 86.0 Å². The maximum Gasteiger partial charge on any atom is 0.237 e. The Hall–Kier alpha value is -0.830. The van der Waals surface area contributed by atoms with Crippen LogP contribution in [0, 0.1) is 0 Å². The zero-order valence-electron chi connectivity index (χ0n) is 9.10. The van der Waals surface area contributed by atoms with Gasteiger partial charge in [0.2, 0.25) is 5.91 Å². The minimum atomic E-state index is -0.0880. The first-order valence-corrected chi connectivity index (χ1v) is 5.27. The van der Waals surface area contributed by atoms with Gasteiger partial charge >= 0.3 is 0 Å². The molecule has 1 aliphatic rings. The minimum Gasteiger partial charge on any atom is -0.352 e. The average Bonchev–Trinajstić information content (AvgIpc) is 2.87. The number of carbonyl (C=O) groups is 1. The third-order valence-corrected chi connectivity index (χ3v) is 2.32. The van der Waals surface area contributed by atoms with Crippen molar-refractivity contribution in [3.05, 3.63) is 12.2 Å². The van der Waals surface area contributed by atoms with Gasteiger partial charge in [-0.15, -0.1) is 6.58 Å². The lowest BCUT2D eigenvalue weighted by molar-refractivity contribution is -0.122. The topological polar surface area (TPSA) is 41.1 Å². The van der Waals surface area contributed by atoms with Gasteiger partial charge in [-0.2, -0.15) is 0 Å². The summed E-state index contributed by atoms with van der Waals surface area (Å²) in [5.74, 6) is 0.120. The first-order chi connectivity index (χ1) is 6.59.